The van der Waals surface area contributed by atoms with Gasteiger partial charge in [0.1, 0.15) is 12.7 Å². The zero-order valence-electron chi connectivity index (χ0n) is 11.9. The zero-order chi connectivity index (χ0) is 14.1. The lowest BCUT2D eigenvalue weighted by Gasteiger charge is -2.50. The lowest BCUT2D eigenvalue weighted by Crippen LogP contribution is -2.69. The second-order valence-corrected chi connectivity index (χ2v) is 5.74. The van der Waals surface area contributed by atoms with Crippen LogP contribution < -0.4 is 5.32 Å². The summed E-state index contributed by atoms with van der Waals surface area (Å²) < 4.78 is 7.41. The van der Waals surface area contributed by atoms with Gasteiger partial charge in [-0.2, -0.15) is 5.10 Å². The molecule has 2 fully saturated rings. The van der Waals surface area contributed by atoms with Crippen molar-refractivity contribution in [2.24, 2.45) is 5.92 Å². The van der Waals surface area contributed by atoms with E-state index in [1.807, 2.05) is 14.1 Å². The van der Waals surface area contributed by atoms with E-state index in [4.69, 9.17) is 4.74 Å². The van der Waals surface area contributed by atoms with Crippen molar-refractivity contribution >= 4 is 5.91 Å². The van der Waals surface area contributed by atoms with Gasteiger partial charge in [0.05, 0.1) is 24.7 Å². The molecule has 0 aromatic carbocycles. The van der Waals surface area contributed by atoms with E-state index in [9.17, 15) is 4.79 Å². The van der Waals surface area contributed by atoms with Gasteiger partial charge in [0, 0.05) is 18.9 Å². The van der Waals surface area contributed by atoms with E-state index in [0.29, 0.717) is 18.9 Å². The van der Waals surface area contributed by atoms with Crippen LogP contribution in [0.15, 0.2) is 12.7 Å². The predicted octanol–water partition coefficient (Wildman–Crippen LogP) is -0.498. The average molecular weight is 279 g/mol. The minimum Gasteiger partial charge on any atom is -0.376 e. The lowest BCUT2D eigenvalue weighted by molar-refractivity contribution is -0.128. The monoisotopic (exact) mass is 279 g/mol. The molecular formula is C13H21N5O2. The first-order chi connectivity index (χ1) is 9.66. The Morgan fingerprint density at radius 1 is 1.55 bits per heavy atom. The van der Waals surface area contributed by atoms with Crippen molar-refractivity contribution in [3.8, 4) is 0 Å². The number of fused-ring (bicyclic) bond motifs is 1. The molecule has 0 unspecified atom stereocenters. The fourth-order valence-corrected chi connectivity index (χ4v) is 3.31. The van der Waals surface area contributed by atoms with Crippen LogP contribution in [0.1, 0.15) is 12.8 Å². The predicted molar refractivity (Wildman–Crippen MR) is 71.9 cm³/mol. The highest BCUT2D eigenvalue weighted by Gasteiger charge is 2.55. The largest absolute Gasteiger partial charge is 0.376 e. The summed E-state index contributed by atoms with van der Waals surface area (Å²) in [6, 6.07) is 0.499. The third-order valence-corrected chi connectivity index (χ3v) is 4.31. The number of hydrogen-bond acceptors (Lipinski definition) is 5. The van der Waals surface area contributed by atoms with Gasteiger partial charge in [-0.15, -0.1) is 0 Å². The Bertz CT molecular complexity index is 461. The fraction of sp³-hybridized carbons (Fsp3) is 0.769. The summed E-state index contributed by atoms with van der Waals surface area (Å²) >= 11 is 0. The number of carbonyl (C=O) groups excluding carboxylic acids is 1. The van der Waals surface area contributed by atoms with Crippen molar-refractivity contribution in [2.45, 2.75) is 37.6 Å². The van der Waals surface area contributed by atoms with Gasteiger partial charge in [-0.25, -0.2) is 4.98 Å². The molecule has 1 aromatic heterocycles. The van der Waals surface area contributed by atoms with Crippen LogP contribution >= 0.6 is 0 Å². The van der Waals surface area contributed by atoms with E-state index >= 15 is 0 Å². The maximum absolute atomic E-state index is 12.1. The van der Waals surface area contributed by atoms with Crippen LogP contribution in [-0.4, -0.2) is 64.5 Å². The number of ether oxygens (including phenoxy) is 1. The molecular weight excluding hydrogens is 258 g/mol. The van der Waals surface area contributed by atoms with E-state index in [1.165, 1.54) is 6.33 Å². The van der Waals surface area contributed by atoms with Crippen LogP contribution in [0.2, 0.25) is 0 Å². The second kappa shape index (κ2) is 5.49. The molecule has 1 aliphatic carbocycles. The van der Waals surface area contributed by atoms with Crippen LogP contribution in [0.4, 0.5) is 0 Å². The van der Waals surface area contributed by atoms with Crippen LogP contribution in [0.25, 0.3) is 0 Å². The normalized spacial score (nSPS) is 31.9. The van der Waals surface area contributed by atoms with Crippen molar-refractivity contribution in [3.05, 3.63) is 12.7 Å². The molecule has 2 heterocycles. The van der Waals surface area contributed by atoms with Crippen molar-refractivity contribution in [2.75, 3.05) is 20.7 Å². The number of nitrogens with one attached hydrogen (secondary N) is 1. The smallest absolute Gasteiger partial charge is 0.222 e. The minimum absolute atomic E-state index is 0.0719. The zero-order valence-corrected chi connectivity index (χ0v) is 11.9. The number of rotatable bonds is 5. The van der Waals surface area contributed by atoms with Crippen molar-refractivity contribution in [3.63, 3.8) is 0 Å². The van der Waals surface area contributed by atoms with Gasteiger partial charge in [-0.05, 0) is 20.5 Å². The molecule has 7 nitrogen and oxygen atoms in total. The molecule has 1 amide bonds. The number of amides is 1. The molecule has 7 heteroatoms. The summed E-state index contributed by atoms with van der Waals surface area (Å²) in [4.78, 5) is 18.1. The van der Waals surface area contributed by atoms with Gasteiger partial charge in [-0.1, -0.05) is 0 Å². The Hall–Kier alpha value is -1.47. The molecule has 1 aromatic rings. The maximum Gasteiger partial charge on any atom is 0.222 e. The number of likely N-dealkylation sites (N-methyl/N-ethyl adjacent to an activating group) is 1. The lowest BCUT2D eigenvalue weighted by atomic mass is 9.71. The molecule has 0 spiro atoms. The number of carbonyl (C=O) groups is 1. The molecule has 4 atom stereocenters. The first kappa shape index (κ1) is 13.5. The quantitative estimate of drug-likeness (QED) is 0.787. The van der Waals surface area contributed by atoms with E-state index in [0.717, 1.165) is 13.0 Å². The van der Waals surface area contributed by atoms with E-state index < -0.39 is 0 Å². The third-order valence-electron chi connectivity index (χ3n) is 4.31. The highest BCUT2D eigenvalue weighted by Crippen LogP contribution is 2.41. The molecule has 20 heavy (non-hydrogen) atoms. The second-order valence-electron chi connectivity index (χ2n) is 5.74. The molecule has 110 valence electrons. The summed E-state index contributed by atoms with van der Waals surface area (Å²) in [5, 5.41) is 7.15. The Morgan fingerprint density at radius 2 is 2.40 bits per heavy atom. The summed E-state index contributed by atoms with van der Waals surface area (Å²) in [7, 11) is 4.08. The summed E-state index contributed by atoms with van der Waals surface area (Å²) in [6.07, 6.45) is 4.86. The van der Waals surface area contributed by atoms with Crippen LogP contribution in [0.3, 0.4) is 0 Å². The summed E-state index contributed by atoms with van der Waals surface area (Å²) in [6.45, 7) is 1.38. The van der Waals surface area contributed by atoms with E-state index in [1.54, 1.807) is 11.0 Å². The number of aromatic nitrogens is 3. The Labute approximate surface area is 118 Å². The molecule has 0 radical (unpaired) electrons. The van der Waals surface area contributed by atoms with Crippen LogP contribution in [-0.2, 0) is 16.1 Å². The SMILES string of the molecule is CN(C)[C@@H]1[C@@H](NC(=O)CCn2cncn2)[C@H]2CCO[C@H]21. The van der Waals surface area contributed by atoms with Crippen molar-refractivity contribution in [1.82, 2.24) is 25.0 Å². The fourth-order valence-electron chi connectivity index (χ4n) is 3.31. The van der Waals surface area contributed by atoms with Gasteiger partial charge < -0.3 is 15.0 Å². The molecule has 1 saturated carbocycles. The molecule has 2 aliphatic rings. The summed E-state index contributed by atoms with van der Waals surface area (Å²) in [5.41, 5.74) is 0. The maximum atomic E-state index is 12.1. The first-order valence-corrected chi connectivity index (χ1v) is 7.06. The van der Waals surface area contributed by atoms with Gasteiger partial charge in [0.25, 0.3) is 0 Å². The Morgan fingerprint density at radius 3 is 3.10 bits per heavy atom. The molecule has 1 aliphatic heterocycles. The highest BCUT2D eigenvalue weighted by atomic mass is 16.5. The standard InChI is InChI=1S/C13H21N5O2/c1-17(2)12-11(9-4-6-20-13(9)12)16-10(19)3-5-18-8-14-7-15-18/h7-9,11-13H,3-6H2,1-2H3,(H,16,19)/t9-,11+,12-,13-/m1/s1. The van der Waals surface area contributed by atoms with Crippen LogP contribution in [0.5, 0.6) is 0 Å². The van der Waals surface area contributed by atoms with E-state index in [2.05, 4.69) is 20.3 Å². The average Bonchev–Trinajstić information content (AvgIpc) is 3.02. The van der Waals surface area contributed by atoms with Gasteiger partial charge in [0.15, 0.2) is 0 Å². The topological polar surface area (TPSA) is 72.3 Å². The highest BCUT2D eigenvalue weighted by molar-refractivity contribution is 5.76. The van der Waals surface area contributed by atoms with Gasteiger partial charge in [0.2, 0.25) is 5.91 Å². The number of nitrogens with zero attached hydrogens (tertiary/aromatic N) is 4. The number of hydrogen-bond donors (Lipinski definition) is 1. The molecule has 3 rings (SSSR count). The molecule has 0 bridgehead atoms. The Balaban J connectivity index is 1.52. The van der Waals surface area contributed by atoms with Crippen molar-refractivity contribution < 1.29 is 9.53 Å². The van der Waals surface area contributed by atoms with Crippen LogP contribution in [0, 0.1) is 5.92 Å². The minimum atomic E-state index is 0.0719. The first-order valence-electron chi connectivity index (χ1n) is 7.06. The molecule has 1 saturated heterocycles. The van der Waals surface area contributed by atoms with E-state index in [-0.39, 0.29) is 24.1 Å². The van der Waals surface area contributed by atoms with Gasteiger partial charge >= 0.3 is 0 Å². The summed E-state index contributed by atoms with van der Waals surface area (Å²) in [5.74, 6) is 0.542. The Kier molecular flexibility index (Phi) is 3.71. The molecule has 1 N–H and O–H groups in total. The third kappa shape index (κ3) is 2.43. The van der Waals surface area contributed by atoms with Crippen molar-refractivity contribution in [1.29, 1.82) is 0 Å². The van der Waals surface area contributed by atoms with Gasteiger partial charge in [-0.3, -0.25) is 9.48 Å². The number of aryl methyl sites for hydroxylation is 1.